The van der Waals surface area contributed by atoms with Gasteiger partial charge in [-0.05, 0) is 25.7 Å². The van der Waals surface area contributed by atoms with Crippen LogP contribution in [-0.2, 0) is 11.3 Å². The lowest BCUT2D eigenvalue weighted by atomic mass is 10.0. The molecule has 0 N–H and O–H groups in total. The van der Waals surface area contributed by atoms with Gasteiger partial charge in [-0.3, -0.25) is 9.48 Å². The molecule has 1 aromatic heterocycles. The van der Waals surface area contributed by atoms with E-state index in [0.29, 0.717) is 17.9 Å². The minimum absolute atomic E-state index is 0.338. The highest BCUT2D eigenvalue weighted by Crippen LogP contribution is 2.32. The second-order valence-electron chi connectivity index (χ2n) is 5.96. The maximum absolute atomic E-state index is 12.1. The molecule has 2 fully saturated rings. The van der Waals surface area contributed by atoms with Crippen LogP contribution in [0.1, 0.15) is 25.7 Å². The first-order chi connectivity index (χ1) is 9.74. The van der Waals surface area contributed by atoms with Crippen molar-refractivity contribution in [2.24, 2.45) is 5.92 Å². The van der Waals surface area contributed by atoms with E-state index in [-0.39, 0.29) is 0 Å². The summed E-state index contributed by atoms with van der Waals surface area (Å²) in [5.74, 6) is 0.705. The molecular formula is C14H23N5O. The normalized spacial score (nSPS) is 21.1. The van der Waals surface area contributed by atoms with Crippen molar-refractivity contribution < 1.29 is 4.79 Å². The highest BCUT2D eigenvalue weighted by Gasteiger charge is 2.35. The molecule has 2 aliphatic rings. The number of nitrogens with zero attached hydrogens (tertiary/aromatic N) is 5. The predicted molar refractivity (Wildman–Crippen MR) is 75.0 cm³/mol. The van der Waals surface area contributed by atoms with E-state index in [1.165, 1.54) is 0 Å². The molecule has 0 aromatic carbocycles. The van der Waals surface area contributed by atoms with Crippen molar-refractivity contribution in [3.8, 4) is 0 Å². The van der Waals surface area contributed by atoms with Gasteiger partial charge >= 0.3 is 0 Å². The quantitative estimate of drug-likeness (QED) is 0.791. The monoisotopic (exact) mass is 277 g/mol. The number of carbonyl (C=O) groups excluding carboxylic acids is 1. The maximum Gasteiger partial charge on any atom is 0.225 e. The Labute approximate surface area is 119 Å². The van der Waals surface area contributed by atoms with E-state index in [9.17, 15) is 4.79 Å². The van der Waals surface area contributed by atoms with Gasteiger partial charge in [0.15, 0.2) is 0 Å². The molecular weight excluding hydrogens is 254 g/mol. The van der Waals surface area contributed by atoms with Gasteiger partial charge < -0.3 is 9.80 Å². The number of aromatic nitrogens is 3. The van der Waals surface area contributed by atoms with E-state index < -0.39 is 0 Å². The van der Waals surface area contributed by atoms with Crippen molar-refractivity contribution in [1.82, 2.24) is 24.8 Å². The van der Waals surface area contributed by atoms with E-state index in [2.05, 4.69) is 15.2 Å². The van der Waals surface area contributed by atoms with Crippen molar-refractivity contribution in [2.75, 3.05) is 26.7 Å². The van der Waals surface area contributed by atoms with Crippen molar-refractivity contribution in [1.29, 1.82) is 0 Å². The number of amides is 1. The van der Waals surface area contributed by atoms with Gasteiger partial charge in [0, 0.05) is 44.8 Å². The highest BCUT2D eigenvalue weighted by atomic mass is 16.2. The lowest BCUT2D eigenvalue weighted by molar-refractivity contribution is -0.134. The fourth-order valence-electron chi connectivity index (χ4n) is 2.92. The standard InChI is InChI=1S/C14H23N5O/c1-17(14(20)12-2-3-12)13-4-7-18(8-5-13)10-11-19-9-6-15-16-19/h6,9,12-13H,2-5,7-8,10-11H2,1H3. The molecule has 0 atom stereocenters. The first-order valence-corrected chi connectivity index (χ1v) is 7.57. The summed E-state index contributed by atoms with van der Waals surface area (Å²) in [7, 11) is 1.98. The molecule has 3 rings (SSSR count). The van der Waals surface area contributed by atoms with Crippen LogP contribution in [0.5, 0.6) is 0 Å². The molecule has 1 aliphatic heterocycles. The van der Waals surface area contributed by atoms with Crippen molar-refractivity contribution in [3.05, 3.63) is 12.4 Å². The molecule has 1 aromatic rings. The number of rotatable bonds is 5. The topological polar surface area (TPSA) is 54.3 Å². The van der Waals surface area contributed by atoms with Crippen LogP contribution >= 0.6 is 0 Å². The summed E-state index contributed by atoms with van der Waals surface area (Å²) in [6, 6.07) is 0.436. The fourth-order valence-corrected chi connectivity index (χ4v) is 2.92. The van der Waals surface area contributed by atoms with Crippen molar-refractivity contribution in [2.45, 2.75) is 38.3 Å². The number of likely N-dealkylation sites (tertiary alicyclic amines) is 1. The van der Waals surface area contributed by atoms with Crippen molar-refractivity contribution in [3.63, 3.8) is 0 Å². The van der Waals surface area contributed by atoms with Crippen LogP contribution in [0.3, 0.4) is 0 Å². The molecule has 0 unspecified atom stereocenters. The zero-order valence-corrected chi connectivity index (χ0v) is 12.1. The minimum atomic E-state index is 0.338. The van der Waals surface area contributed by atoms with Gasteiger partial charge in [0.1, 0.15) is 0 Å². The van der Waals surface area contributed by atoms with Crippen LogP contribution < -0.4 is 0 Å². The van der Waals surface area contributed by atoms with Crippen LogP contribution in [0.25, 0.3) is 0 Å². The summed E-state index contributed by atoms with van der Waals surface area (Å²) < 4.78 is 1.87. The molecule has 20 heavy (non-hydrogen) atoms. The van der Waals surface area contributed by atoms with Gasteiger partial charge in [0.25, 0.3) is 0 Å². The van der Waals surface area contributed by atoms with Gasteiger partial charge in [0.2, 0.25) is 5.91 Å². The maximum atomic E-state index is 12.1. The molecule has 0 bridgehead atoms. The number of piperidine rings is 1. The molecule has 1 saturated carbocycles. The Morgan fingerprint density at radius 3 is 2.60 bits per heavy atom. The number of hydrogen-bond acceptors (Lipinski definition) is 4. The van der Waals surface area contributed by atoms with E-state index >= 15 is 0 Å². The zero-order chi connectivity index (χ0) is 13.9. The van der Waals surface area contributed by atoms with Crippen LogP contribution in [0.2, 0.25) is 0 Å². The second kappa shape index (κ2) is 5.91. The molecule has 1 amide bonds. The Balaban J connectivity index is 1.41. The predicted octanol–water partition coefficient (Wildman–Crippen LogP) is 0.611. The summed E-state index contributed by atoms with van der Waals surface area (Å²) in [6.45, 7) is 4.04. The van der Waals surface area contributed by atoms with Gasteiger partial charge in [0.05, 0.1) is 12.7 Å². The third-order valence-electron chi connectivity index (χ3n) is 4.50. The molecule has 110 valence electrons. The van der Waals surface area contributed by atoms with Crippen LogP contribution in [-0.4, -0.2) is 63.4 Å². The SMILES string of the molecule is CN(C(=O)C1CC1)C1CCN(CCn2ccnn2)CC1. The highest BCUT2D eigenvalue weighted by molar-refractivity contribution is 5.81. The van der Waals surface area contributed by atoms with Gasteiger partial charge in [-0.15, -0.1) is 5.10 Å². The average molecular weight is 277 g/mol. The second-order valence-corrected chi connectivity index (χ2v) is 5.96. The Morgan fingerprint density at radius 1 is 1.25 bits per heavy atom. The summed E-state index contributed by atoms with van der Waals surface area (Å²) in [5.41, 5.74) is 0. The molecule has 6 heteroatoms. The Bertz CT molecular complexity index is 434. The lowest BCUT2D eigenvalue weighted by Crippen LogP contribution is -2.46. The van der Waals surface area contributed by atoms with Gasteiger partial charge in [-0.1, -0.05) is 5.21 Å². The minimum Gasteiger partial charge on any atom is -0.342 e. The van der Waals surface area contributed by atoms with E-state index in [1.54, 1.807) is 6.20 Å². The molecule has 1 aliphatic carbocycles. The first kappa shape index (κ1) is 13.5. The molecule has 0 spiro atoms. The summed E-state index contributed by atoms with van der Waals surface area (Å²) in [6.07, 6.45) is 7.98. The largest absolute Gasteiger partial charge is 0.342 e. The lowest BCUT2D eigenvalue weighted by Gasteiger charge is -2.36. The third-order valence-corrected chi connectivity index (χ3v) is 4.50. The summed E-state index contributed by atoms with van der Waals surface area (Å²) >= 11 is 0. The van der Waals surface area contributed by atoms with Crippen LogP contribution in [0.4, 0.5) is 0 Å². The van der Waals surface area contributed by atoms with Crippen LogP contribution in [0.15, 0.2) is 12.4 Å². The van der Waals surface area contributed by atoms with E-state index in [4.69, 9.17) is 0 Å². The van der Waals surface area contributed by atoms with Gasteiger partial charge in [-0.2, -0.15) is 0 Å². The zero-order valence-electron chi connectivity index (χ0n) is 12.1. The van der Waals surface area contributed by atoms with E-state index in [0.717, 1.165) is 51.9 Å². The third kappa shape index (κ3) is 3.17. The number of carbonyl (C=O) groups is 1. The molecule has 0 radical (unpaired) electrons. The van der Waals surface area contributed by atoms with Crippen molar-refractivity contribution >= 4 is 5.91 Å². The Kier molecular flexibility index (Phi) is 4.00. The smallest absolute Gasteiger partial charge is 0.225 e. The summed E-state index contributed by atoms with van der Waals surface area (Å²) in [5, 5.41) is 7.79. The van der Waals surface area contributed by atoms with Gasteiger partial charge in [-0.25, -0.2) is 0 Å². The first-order valence-electron chi connectivity index (χ1n) is 7.57. The van der Waals surface area contributed by atoms with E-state index in [1.807, 2.05) is 22.8 Å². The Morgan fingerprint density at radius 2 is 2.00 bits per heavy atom. The summed E-state index contributed by atoms with van der Waals surface area (Å²) in [4.78, 5) is 16.5. The van der Waals surface area contributed by atoms with Crippen LogP contribution in [0, 0.1) is 5.92 Å². The average Bonchev–Trinajstić information content (AvgIpc) is 3.21. The number of hydrogen-bond donors (Lipinski definition) is 0. The molecule has 1 saturated heterocycles. The molecule has 2 heterocycles. The Hall–Kier alpha value is -1.43. The molecule has 6 nitrogen and oxygen atoms in total. The fraction of sp³-hybridized carbons (Fsp3) is 0.786.